The van der Waals surface area contributed by atoms with E-state index in [1.165, 1.54) is 13.2 Å². The van der Waals surface area contributed by atoms with E-state index >= 15 is 0 Å². The molecule has 5 nitrogen and oxygen atoms in total. The van der Waals surface area contributed by atoms with Crippen LogP contribution in [-0.2, 0) is 6.54 Å². The normalized spacial score (nSPS) is 10.2. The Morgan fingerprint density at radius 3 is 2.57 bits per heavy atom. The maximum Gasteiger partial charge on any atom is 0.254 e. The number of phenolic OH excluding ortho intramolecular Hbond substituents is 1. The highest BCUT2D eigenvalue weighted by Crippen LogP contribution is 2.26. The number of benzene rings is 1. The molecule has 5 heteroatoms. The van der Waals surface area contributed by atoms with Crippen LogP contribution in [0.2, 0.25) is 0 Å². The Hall–Kier alpha value is -2.56. The van der Waals surface area contributed by atoms with E-state index in [0.29, 0.717) is 24.4 Å². The third kappa shape index (κ3) is 3.51. The van der Waals surface area contributed by atoms with Gasteiger partial charge in [0.2, 0.25) is 0 Å². The average Bonchev–Trinajstić information content (AvgIpc) is 2.53. The second kappa shape index (κ2) is 6.74. The topological polar surface area (TPSA) is 62.7 Å². The zero-order valence-corrected chi connectivity index (χ0v) is 12.1. The highest BCUT2D eigenvalue weighted by molar-refractivity contribution is 5.94. The number of hydrogen-bond donors (Lipinski definition) is 1. The molecule has 0 fully saturated rings. The molecule has 0 aliphatic rings. The highest BCUT2D eigenvalue weighted by atomic mass is 16.5. The largest absolute Gasteiger partial charge is 0.504 e. The maximum absolute atomic E-state index is 12.5. The van der Waals surface area contributed by atoms with Crippen LogP contribution in [0.1, 0.15) is 22.8 Å². The molecule has 0 aliphatic carbocycles. The maximum atomic E-state index is 12.5. The van der Waals surface area contributed by atoms with Crippen LogP contribution < -0.4 is 4.74 Å². The second-order valence-electron chi connectivity index (χ2n) is 4.56. The van der Waals surface area contributed by atoms with Gasteiger partial charge in [0.15, 0.2) is 11.5 Å². The first-order valence-electron chi connectivity index (χ1n) is 6.71. The Kier molecular flexibility index (Phi) is 4.77. The summed E-state index contributed by atoms with van der Waals surface area (Å²) in [6.45, 7) is 3.00. The van der Waals surface area contributed by atoms with E-state index in [4.69, 9.17) is 4.74 Å². The van der Waals surface area contributed by atoms with Crippen LogP contribution >= 0.6 is 0 Å². The number of carbonyl (C=O) groups is 1. The fraction of sp³-hybridized carbons (Fsp3) is 0.250. The minimum atomic E-state index is -0.132. The molecule has 0 radical (unpaired) electrons. The predicted molar refractivity (Wildman–Crippen MR) is 79.3 cm³/mol. The number of pyridine rings is 1. The molecule has 1 amide bonds. The van der Waals surface area contributed by atoms with Gasteiger partial charge < -0.3 is 14.7 Å². The smallest absolute Gasteiger partial charge is 0.254 e. The molecule has 0 saturated carbocycles. The molecule has 1 N–H and O–H groups in total. The van der Waals surface area contributed by atoms with Gasteiger partial charge in [-0.2, -0.15) is 0 Å². The van der Waals surface area contributed by atoms with Gasteiger partial charge >= 0.3 is 0 Å². The number of nitrogens with zero attached hydrogens (tertiary/aromatic N) is 2. The predicted octanol–water partition coefficient (Wildman–Crippen LogP) is 2.46. The zero-order chi connectivity index (χ0) is 15.2. The monoisotopic (exact) mass is 286 g/mol. The van der Waals surface area contributed by atoms with Crippen molar-refractivity contribution in [2.24, 2.45) is 0 Å². The molecule has 2 aromatic rings. The number of aromatic hydroxyl groups is 1. The first kappa shape index (κ1) is 14.8. The number of methoxy groups -OCH3 is 1. The molecule has 0 unspecified atom stereocenters. The summed E-state index contributed by atoms with van der Waals surface area (Å²) in [5, 5.41) is 9.78. The Morgan fingerprint density at radius 2 is 2.00 bits per heavy atom. The van der Waals surface area contributed by atoms with Gasteiger partial charge in [0.05, 0.1) is 7.11 Å². The summed E-state index contributed by atoms with van der Waals surface area (Å²) >= 11 is 0. The molecule has 0 atom stereocenters. The van der Waals surface area contributed by atoms with E-state index in [0.717, 1.165) is 5.56 Å². The fourth-order valence-electron chi connectivity index (χ4n) is 2.04. The first-order chi connectivity index (χ1) is 10.2. The van der Waals surface area contributed by atoms with Crippen molar-refractivity contribution in [1.82, 2.24) is 9.88 Å². The van der Waals surface area contributed by atoms with Crippen molar-refractivity contribution in [3.63, 3.8) is 0 Å². The van der Waals surface area contributed by atoms with Gasteiger partial charge in [-0.05, 0) is 42.8 Å². The van der Waals surface area contributed by atoms with Crippen LogP contribution in [0.3, 0.4) is 0 Å². The van der Waals surface area contributed by atoms with Crippen molar-refractivity contribution >= 4 is 5.91 Å². The van der Waals surface area contributed by atoms with E-state index < -0.39 is 0 Å². The molecule has 1 aromatic carbocycles. The minimum Gasteiger partial charge on any atom is -0.504 e. The number of phenols is 1. The Balaban J connectivity index is 2.18. The van der Waals surface area contributed by atoms with Gasteiger partial charge in [0.25, 0.3) is 5.91 Å². The van der Waals surface area contributed by atoms with E-state index in [2.05, 4.69) is 4.98 Å². The lowest BCUT2D eigenvalue weighted by Crippen LogP contribution is -2.30. The van der Waals surface area contributed by atoms with E-state index in [1.807, 2.05) is 19.1 Å². The fourth-order valence-corrected chi connectivity index (χ4v) is 2.04. The summed E-state index contributed by atoms with van der Waals surface area (Å²) in [5.41, 5.74) is 1.45. The van der Waals surface area contributed by atoms with Crippen LogP contribution in [0.4, 0.5) is 0 Å². The van der Waals surface area contributed by atoms with Crippen molar-refractivity contribution in [3.05, 3.63) is 53.9 Å². The van der Waals surface area contributed by atoms with Gasteiger partial charge in [-0.1, -0.05) is 0 Å². The van der Waals surface area contributed by atoms with Gasteiger partial charge in [0, 0.05) is 31.0 Å². The molecule has 2 rings (SSSR count). The van der Waals surface area contributed by atoms with Crippen molar-refractivity contribution < 1.29 is 14.6 Å². The molecule has 0 aliphatic heterocycles. The van der Waals surface area contributed by atoms with E-state index in [1.54, 1.807) is 29.4 Å². The lowest BCUT2D eigenvalue weighted by atomic mass is 10.1. The van der Waals surface area contributed by atoms with Crippen molar-refractivity contribution in [1.29, 1.82) is 0 Å². The molecule has 0 spiro atoms. The quantitative estimate of drug-likeness (QED) is 0.917. The Bertz CT molecular complexity index is 614. The average molecular weight is 286 g/mol. The molecular formula is C16H18N2O3. The molecule has 110 valence electrons. The SMILES string of the molecule is CCN(Cc1ccncc1)C(=O)c1ccc(OC)c(O)c1. The summed E-state index contributed by atoms with van der Waals surface area (Å²) in [6, 6.07) is 8.41. The lowest BCUT2D eigenvalue weighted by Gasteiger charge is -2.21. The van der Waals surface area contributed by atoms with Gasteiger partial charge in [0.1, 0.15) is 0 Å². The minimum absolute atomic E-state index is 0.0386. The van der Waals surface area contributed by atoms with Crippen molar-refractivity contribution in [2.45, 2.75) is 13.5 Å². The van der Waals surface area contributed by atoms with Crippen LogP contribution in [0.15, 0.2) is 42.7 Å². The highest BCUT2D eigenvalue weighted by Gasteiger charge is 2.16. The third-order valence-electron chi connectivity index (χ3n) is 3.22. The number of ether oxygens (including phenoxy) is 1. The molecule has 0 saturated heterocycles. The summed E-state index contributed by atoms with van der Waals surface area (Å²) in [6.07, 6.45) is 3.40. The summed E-state index contributed by atoms with van der Waals surface area (Å²) in [5.74, 6) is 0.180. The van der Waals surface area contributed by atoms with E-state index in [9.17, 15) is 9.90 Å². The first-order valence-corrected chi connectivity index (χ1v) is 6.71. The summed E-state index contributed by atoms with van der Waals surface area (Å²) in [4.78, 5) is 18.2. The van der Waals surface area contributed by atoms with E-state index in [-0.39, 0.29) is 11.7 Å². The summed E-state index contributed by atoms with van der Waals surface area (Å²) < 4.78 is 4.98. The van der Waals surface area contributed by atoms with Crippen molar-refractivity contribution in [3.8, 4) is 11.5 Å². The number of amides is 1. The third-order valence-corrected chi connectivity index (χ3v) is 3.22. The second-order valence-corrected chi connectivity index (χ2v) is 4.56. The molecule has 0 bridgehead atoms. The van der Waals surface area contributed by atoms with Crippen LogP contribution in [0.25, 0.3) is 0 Å². The number of carbonyl (C=O) groups excluding carboxylic acids is 1. The van der Waals surface area contributed by atoms with Crippen LogP contribution in [0.5, 0.6) is 11.5 Å². The Labute approximate surface area is 123 Å². The summed E-state index contributed by atoms with van der Waals surface area (Å²) in [7, 11) is 1.47. The van der Waals surface area contributed by atoms with Crippen LogP contribution in [0, 0.1) is 0 Å². The van der Waals surface area contributed by atoms with Gasteiger partial charge in [-0.15, -0.1) is 0 Å². The number of hydrogen-bond acceptors (Lipinski definition) is 4. The van der Waals surface area contributed by atoms with Crippen LogP contribution in [-0.4, -0.2) is 34.6 Å². The number of aromatic nitrogens is 1. The molecule has 1 aromatic heterocycles. The standard InChI is InChI=1S/C16H18N2O3/c1-3-18(11-12-6-8-17-9-7-12)16(20)13-4-5-15(21-2)14(19)10-13/h4-10,19H,3,11H2,1-2H3. The van der Waals surface area contributed by atoms with Gasteiger partial charge in [-0.25, -0.2) is 0 Å². The number of rotatable bonds is 5. The van der Waals surface area contributed by atoms with Crippen molar-refractivity contribution in [2.75, 3.05) is 13.7 Å². The lowest BCUT2D eigenvalue weighted by molar-refractivity contribution is 0.0752. The molecule has 1 heterocycles. The molecule has 21 heavy (non-hydrogen) atoms. The molecular weight excluding hydrogens is 268 g/mol. The van der Waals surface area contributed by atoms with Gasteiger partial charge in [-0.3, -0.25) is 9.78 Å². The zero-order valence-electron chi connectivity index (χ0n) is 12.1. The Morgan fingerprint density at radius 1 is 1.29 bits per heavy atom.